The van der Waals surface area contributed by atoms with Crippen molar-refractivity contribution in [2.24, 2.45) is 10.9 Å². The zero-order valence-electron chi connectivity index (χ0n) is 21.5. The maximum Gasteiger partial charge on any atom is 0.274 e. The number of carbonyl (C=O) groups is 2. The number of rotatable bonds is 5. The first kappa shape index (κ1) is 26.5. The summed E-state index contributed by atoms with van der Waals surface area (Å²) in [7, 11) is 0. The molecule has 2 amide bonds. The molecule has 1 saturated heterocycles. The average molecular weight is 572 g/mol. The fourth-order valence-corrected chi connectivity index (χ4v) is 6.41. The van der Waals surface area contributed by atoms with E-state index in [0.29, 0.717) is 42.0 Å². The lowest BCUT2D eigenvalue weighted by Gasteiger charge is -2.37. The molecule has 0 unspecified atom stereocenters. The van der Waals surface area contributed by atoms with Crippen molar-refractivity contribution in [1.82, 2.24) is 20.3 Å². The molecule has 0 spiro atoms. The van der Waals surface area contributed by atoms with E-state index in [1.807, 2.05) is 29.2 Å². The molecule has 206 valence electrons. The van der Waals surface area contributed by atoms with Crippen LogP contribution in [0.5, 0.6) is 0 Å². The number of benzene rings is 2. The van der Waals surface area contributed by atoms with Gasteiger partial charge in [-0.2, -0.15) is 0 Å². The molecule has 12 heteroatoms. The second-order valence-electron chi connectivity index (χ2n) is 9.63. The highest BCUT2D eigenvalue weighted by Gasteiger charge is 2.52. The van der Waals surface area contributed by atoms with Crippen molar-refractivity contribution in [3.05, 3.63) is 114 Å². The highest BCUT2D eigenvalue weighted by molar-refractivity contribution is 8.14. The van der Waals surface area contributed by atoms with Crippen LogP contribution in [0.1, 0.15) is 26.4 Å². The Morgan fingerprint density at radius 2 is 1.66 bits per heavy atom. The number of hydrogen-bond acceptors (Lipinski definition) is 8. The summed E-state index contributed by atoms with van der Waals surface area (Å²) < 4.78 is 26.2. The number of pyridine rings is 1. The average Bonchev–Trinajstić information content (AvgIpc) is 3.39. The van der Waals surface area contributed by atoms with E-state index < -0.39 is 22.3 Å². The molecule has 0 radical (unpaired) electrons. The second-order valence-corrected chi connectivity index (χ2v) is 11.0. The lowest BCUT2D eigenvalue weighted by molar-refractivity contribution is 0.0976. The van der Waals surface area contributed by atoms with E-state index in [-0.39, 0.29) is 17.5 Å². The van der Waals surface area contributed by atoms with E-state index in [4.69, 9.17) is 0 Å². The predicted octanol–water partition coefficient (Wildman–Crippen LogP) is 4.27. The Morgan fingerprint density at radius 3 is 2.41 bits per heavy atom. The van der Waals surface area contributed by atoms with E-state index in [1.54, 1.807) is 30.3 Å². The van der Waals surface area contributed by atoms with Crippen LogP contribution >= 0.6 is 11.8 Å². The van der Waals surface area contributed by atoms with Crippen molar-refractivity contribution in [2.45, 2.75) is 4.75 Å². The Kier molecular flexibility index (Phi) is 7.14. The molecule has 0 aliphatic carbocycles. The third kappa shape index (κ3) is 5.50. The van der Waals surface area contributed by atoms with Gasteiger partial charge in [0.15, 0.2) is 11.0 Å². The topological polar surface area (TPSA) is 112 Å². The molecule has 1 fully saturated rings. The van der Waals surface area contributed by atoms with Gasteiger partial charge < -0.3 is 15.5 Å². The lowest BCUT2D eigenvalue weighted by atomic mass is 9.87. The van der Waals surface area contributed by atoms with E-state index in [9.17, 15) is 18.4 Å². The second kappa shape index (κ2) is 11.0. The minimum absolute atomic E-state index is 0.0109. The summed E-state index contributed by atoms with van der Waals surface area (Å²) >= 11 is 1.43. The van der Waals surface area contributed by atoms with Gasteiger partial charge in [0.05, 0.1) is 23.3 Å². The third-order valence-corrected chi connectivity index (χ3v) is 8.46. The number of amides is 2. The molecule has 6 rings (SSSR count). The summed E-state index contributed by atoms with van der Waals surface area (Å²) in [4.78, 5) is 44.6. The number of carbonyl (C=O) groups excluding carboxylic acids is 2. The molecule has 0 bridgehead atoms. The minimum Gasteiger partial charge on any atom is -0.339 e. The van der Waals surface area contributed by atoms with Crippen molar-refractivity contribution < 1.29 is 18.4 Å². The number of aliphatic imine (C=N–C) groups is 1. The van der Waals surface area contributed by atoms with Gasteiger partial charge >= 0.3 is 0 Å². The fourth-order valence-electron chi connectivity index (χ4n) is 5.01. The number of amidine groups is 1. The Balaban J connectivity index is 1.31. The van der Waals surface area contributed by atoms with Crippen LogP contribution < -0.4 is 15.5 Å². The van der Waals surface area contributed by atoms with Crippen molar-refractivity contribution in [1.29, 1.82) is 0 Å². The van der Waals surface area contributed by atoms with Crippen LogP contribution in [0.25, 0.3) is 0 Å². The lowest BCUT2D eigenvalue weighted by Crippen LogP contribution is -2.42. The molecular weight excluding hydrogens is 548 g/mol. The quantitative estimate of drug-likeness (QED) is 0.368. The van der Waals surface area contributed by atoms with Crippen LogP contribution in [0, 0.1) is 17.6 Å². The van der Waals surface area contributed by atoms with Crippen LogP contribution in [-0.2, 0) is 4.75 Å². The monoisotopic (exact) mass is 571 g/mol. The molecule has 2 atom stereocenters. The molecule has 2 aliphatic heterocycles. The smallest absolute Gasteiger partial charge is 0.274 e. The number of fused-ring (bicyclic) bond motifs is 1. The van der Waals surface area contributed by atoms with Crippen molar-refractivity contribution >= 4 is 40.4 Å². The molecule has 2 aromatic carbocycles. The van der Waals surface area contributed by atoms with Crippen molar-refractivity contribution in [3.8, 4) is 0 Å². The number of halogens is 2. The standard InChI is InChI=1S/C29H23F2N7O2S/c30-21-9-10-24(32-13-21)26(40)36-23-8-4-7-19(11-23)29-17-38(27-33-14-22(31)15-34-27)16-20(29)12-35-28(41-29)37-25(39)18-5-2-1-3-6-18/h1-11,13-15,20H,12,16-17H2,(H,36,40)(H,35,37,39)/t20-,29+/m0/s1. The minimum atomic E-state index is -0.604. The van der Waals surface area contributed by atoms with E-state index in [2.05, 4.69) is 30.6 Å². The summed E-state index contributed by atoms with van der Waals surface area (Å²) in [6, 6.07) is 18.8. The number of nitrogens with one attached hydrogen (secondary N) is 2. The Hall–Kier alpha value is -4.71. The first-order chi connectivity index (χ1) is 19.9. The van der Waals surface area contributed by atoms with E-state index in [0.717, 1.165) is 24.2 Å². The van der Waals surface area contributed by atoms with Gasteiger partial charge in [-0.15, -0.1) is 0 Å². The molecule has 2 aromatic heterocycles. The van der Waals surface area contributed by atoms with Gasteiger partial charge in [-0.1, -0.05) is 42.1 Å². The maximum absolute atomic E-state index is 13.5. The Labute approximate surface area is 238 Å². The number of hydrogen-bond donors (Lipinski definition) is 2. The number of anilines is 2. The maximum atomic E-state index is 13.5. The first-order valence-electron chi connectivity index (χ1n) is 12.8. The molecule has 2 aliphatic rings. The van der Waals surface area contributed by atoms with Crippen molar-refractivity contribution in [3.63, 3.8) is 0 Å². The van der Waals surface area contributed by atoms with E-state index >= 15 is 0 Å². The Morgan fingerprint density at radius 1 is 0.878 bits per heavy atom. The molecule has 4 heterocycles. The van der Waals surface area contributed by atoms with Gasteiger partial charge in [0.2, 0.25) is 5.95 Å². The van der Waals surface area contributed by atoms with Gasteiger partial charge in [0, 0.05) is 36.8 Å². The van der Waals surface area contributed by atoms with Crippen LogP contribution in [-0.4, -0.2) is 51.6 Å². The van der Waals surface area contributed by atoms with E-state index in [1.165, 1.54) is 23.9 Å². The van der Waals surface area contributed by atoms with Crippen molar-refractivity contribution in [2.75, 3.05) is 29.9 Å². The van der Waals surface area contributed by atoms with Crippen LogP contribution in [0.3, 0.4) is 0 Å². The zero-order chi connectivity index (χ0) is 28.4. The van der Waals surface area contributed by atoms with Gasteiger partial charge in [-0.25, -0.2) is 23.7 Å². The number of thioether (sulfide) groups is 1. The molecule has 4 aromatic rings. The highest BCUT2D eigenvalue weighted by Crippen LogP contribution is 2.51. The van der Waals surface area contributed by atoms with Gasteiger partial charge in [-0.3, -0.25) is 14.6 Å². The summed E-state index contributed by atoms with van der Waals surface area (Å²) in [5.41, 5.74) is 2.02. The molecule has 0 saturated carbocycles. The molecular formula is C29H23F2N7O2S. The predicted molar refractivity (Wildman–Crippen MR) is 152 cm³/mol. The molecule has 2 N–H and O–H groups in total. The summed E-state index contributed by atoms with van der Waals surface area (Å²) in [5.74, 6) is -1.42. The molecule has 9 nitrogen and oxygen atoms in total. The SMILES string of the molecule is O=C(NC1=NC[C@H]2CN(c3ncc(F)cn3)C[C@]2(c2cccc(NC(=O)c3ccc(F)cn3)c2)S1)c1ccccc1. The number of aromatic nitrogens is 3. The van der Waals surface area contributed by atoms with Gasteiger partial charge in [0.1, 0.15) is 11.5 Å². The summed E-state index contributed by atoms with van der Waals surface area (Å²) in [6.07, 6.45) is 3.25. The highest BCUT2D eigenvalue weighted by atomic mass is 32.2. The molecule has 41 heavy (non-hydrogen) atoms. The van der Waals surface area contributed by atoms with Gasteiger partial charge in [0.25, 0.3) is 11.8 Å². The Bertz CT molecular complexity index is 1620. The summed E-state index contributed by atoms with van der Waals surface area (Å²) in [6.45, 7) is 1.43. The van der Waals surface area contributed by atoms with Crippen LogP contribution in [0.15, 0.2) is 90.3 Å². The van der Waals surface area contributed by atoms with Crippen LogP contribution in [0.2, 0.25) is 0 Å². The third-order valence-electron chi connectivity index (χ3n) is 6.98. The fraction of sp³-hybridized carbons (Fsp3) is 0.172. The normalized spacial score (nSPS) is 19.7. The van der Waals surface area contributed by atoms with Gasteiger partial charge in [-0.05, 0) is 42.0 Å². The largest absolute Gasteiger partial charge is 0.339 e. The zero-order valence-corrected chi connectivity index (χ0v) is 22.3. The number of nitrogens with zero attached hydrogens (tertiary/aromatic N) is 5. The summed E-state index contributed by atoms with van der Waals surface area (Å²) in [5, 5.41) is 6.25. The first-order valence-corrected chi connectivity index (χ1v) is 13.6. The van der Waals surface area contributed by atoms with Crippen LogP contribution in [0.4, 0.5) is 20.4 Å².